The summed E-state index contributed by atoms with van der Waals surface area (Å²) in [6.07, 6.45) is 4.23. The third-order valence-corrected chi connectivity index (χ3v) is 0.493. The van der Waals surface area contributed by atoms with Crippen molar-refractivity contribution in [2.24, 2.45) is 0 Å². The maximum Gasteiger partial charge on any atom is 0.125 e. The predicted molar refractivity (Wildman–Crippen MR) is 32.0 cm³/mol. The van der Waals surface area contributed by atoms with E-state index in [0.29, 0.717) is 6.61 Å². The van der Waals surface area contributed by atoms with Crippen LogP contribution < -0.4 is 0 Å². The summed E-state index contributed by atoms with van der Waals surface area (Å²) in [5, 5.41) is 0. The Balaban J connectivity index is 2.94. The first-order chi connectivity index (χ1) is 3.91. The molecular formula is C6H10O2. The maximum absolute atomic E-state index is 4.78. The van der Waals surface area contributed by atoms with Crippen molar-refractivity contribution >= 4 is 0 Å². The molecule has 0 spiro atoms. The summed E-state index contributed by atoms with van der Waals surface area (Å²) in [5.74, 6) is 0. The average Bonchev–Trinajstić information content (AvgIpc) is 1.81. The van der Waals surface area contributed by atoms with Crippen molar-refractivity contribution < 1.29 is 9.47 Å². The fraction of sp³-hybridized carbons (Fsp3) is 0.333. The first-order valence-electron chi connectivity index (χ1n) is 2.44. The third-order valence-electron chi connectivity index (χ3n) is 0.493. The van der Waals surface area contributed by atoms with Gasteiger partial charge in [0.2, 0.25) is 0 Å². The van der Waals surface area contributed by atoms with Crippen molar-refractivity contribution in [1.82, 2.24) is 0 Å². The highest BCUT2D eigenvalue weighted by atomic mass is 16.5. The van der Waals surface area contributed by atoms with Gasteiger partial charge in [0, 0.05) is 0 Å². The zero-order chi connectivity index (χ0) is 6.24. The van der Waals surface area contributed by atoms with E-state index in [0.717, 1.165) is 0 Å². The Kier molecular flexibility index (Phi) is 5.38. The van der Waals surface area contributed by atoms with Crippen LogP contribution in [0.5, 0.6) is 0 Å². The quantitative estimate of drug-likeness (QED) is 0.517. The smallest absolute Gasteiger partial charge is 0.125 e. The molecule has 2 nitrogen and oxygen atoms in total. The Bertz CT molecular complexity index is 76.6. The van der Waals surface area contributed by atoms with Crippen molar-refractivity contribution in [3.63, 3.8) is 0 Å². The van der Waals surface area contributed by atoms with Crippen LogP contribution in [0.15, 0.2) is 25.4 Å². The van der Waals surface area contributed by atoms with E-state index < -0.39 is 0 Å². The monoisotopic (exact) mass is 114 g/mol. The molecule has 0 radical (unpaired) electrons. The highest BCUT2D eigenvalue weighted by Gasteiger charge is 1.66. The van der Waals surface area contributed by atoms with E-state index in [1.165, 1.54) is 18.8 Å². The van der Waals surface area contributed by atoms with Crippen molar-refractivity contribution in [3.8, 4) is 0 Å². The van der Waals surface area contributed by atoms with E-state index in [1.54, 1.807) is 0 Å². The molecule has 0 saturated carbocycles. The normalized spacial score (nSPS) is 9.12. The molecule has 46 valence electrons. The fourth-order valence-corrected chi connectivity index (χ4v) is 0.223. The minimum Gasteiger partial charge on any atom is -0.498 e. The average molecular weight is 114 g/mol. The molecule has 0 amide bonds. The van der Waals surface area contributed by atoms with E-state index >= 15 is 0 Å². The molecule has 0 aromatic carbocycles. The molecule has 0 rings (SSSR count). The minimum absolute atomic E-state index is 0.664. The van der Waals surface area contributed by atoms with Gasteiger partial charge >= 0.3 is 0 Å². The van der Waals surface area contributed by atoms with Crippen LogP contribution in [0.25, 0.3) is 0 Å². The van der Waals surface area contributed by atoms with E-state index in [2.05, 4.69) is 11.3 Å². The second kappa shape index (κ2) is 6.08. The lowest BCUT2D eigenvalue weighted by Crippen LogP contribution is -1.75. The molecule has 0 aromatic rings. The molecule has 0 aliphatic carbocycles. The van der Waals surface area contributed by atoms with Crippen LogP contribution in [0.2, 0.25) is 0 Å². The first kappa shape index (κ1) is 7.08. The van der Waals surface area contributed by atoms with Gasteiger partial charge in [-0.1, -0.05) is 6.58 Å². The molecule has 0 saturated heterocycles. The van der Waals surface area contributed by atoms with Crippen molar-refractivity contribution in [2.75, 3.05) is 6.61 Å². The van der Waals surface area contributed by atoms with E-state index in [9.17, 15) is 0 Å². The van der Waals surface area contributed by atoms with Gasteiger partial charge in [0.15, 0.2) is 0 Å². The number of hydrogen-bond acceptors (Lipinski definition) is 2. The highest BCUT2D eigenvalue weighted by Crippen LogP contribution is 1.78. The van der Waals surface area contributed by atoms with E-state index in [1.807, 2.05) is 6.92 Å². The van der Waals surface area contributed by atoms with Crippen LogP contribution in [0.1, 0.15) is 6.92 Å². The molecule has 0 unspecified atom stereocenters. The van der Waals surface area contributed by atoms with Crippen LogP contribution in [-0.4, -0.2) is 6.61 Å². The van der Waals surface area contributed by atoms with Crippen LogP contribution in [0, 0.1) is 0 Å². The SMILES string of the molecule is C=CO/C=C/OCC. The van der Waals surface area contributed by atoms with Gasteiger partial charge in [-0.15, -0.1) is 0 Å². The Hall–Kier alpha value is -0.920. The van der Waals surface area contributed by atoms with Crippen molar-refractivity contribution in [3.05, 3.63) is 25.4 Å². The summed E-state index contributed by atoms with van der Waals surface area (Å²) in [5.41, 5.74) is 0. The van der Waals surface area contributed by atoms with Crippen LogP contribution >= 0.6 is 0 Å². The largest absolute Gasteiger partial charge is 0.498 e. The Morgan fingerprint density at radius 3 is 2.75 bits per heavy atom. The maximum atomic E-state index is 4.78. The summed E-state index contributed by atoms with van der Waals surface area (Å²) in [4.78, 5) is 0. The lowest BCUT2D eigenvalue weighted by Gasteiger charge is -1.90. The third kappa shape index (κ3) is 5.08. The zero-order valence-electron chi connectivity index (χ0n) is 4.96. The number of rotatable bonds is 4. The molecule has 0 atom stereocenters. The molecule has 8 heavy (non-hydrogen) atoms. The number of hydrogen-bond donors (Lipinski definition) is 0. The van der Waals surface area contributed by atoms with Gasteiger partial charge in [0.25, 0.3) is 0 Å². The molecule has 0 aliphatic heterocycles. The van der Waals surface area contributed by atoms with Gasteiger partial charge in [-0.25, -0.2) is 0 Å². The van der Waals surface area contributed by atoms with Crippen molar-refractivity contribution in [2.45, 2.75) is 6.92 Å². The second-order valence-corrected chi connectivity index (χ2v) is 1.03. The van der Waals surface area contributed by atoms with Gasteiger partial charge in [-0.05, 0) is 6.92 Å². The molecule has 0 N–H and O–H groups in total. The molecule has 0 fully saturated rings. The minimum atomic E-state index is 0.664. The molecular weight excluding hydrogens is 104 g/mol. The molecule has 2 heteroatoms. The van der Waals surface area contributed by atoms with Gasteiger partial charge in [-0.3, -0.25) is 0 Å². The van der Waals surface area contributed by atoms with Crippen molar-refractivity contribution in [1.29, 1.82) is 0 Å². The van der Waals surface area contributed by atoms with E-state index in [-0.39, 0.29) is 0 Å². The summed E-state index contributed by atoms with van der Waals surface area (Å²) in [6, 6.07) is 0. The molecule has 0 heterocycles. The molecule has 0 bridgehead atoms. The Labute approximate surface area is 49.4 Å². The second-order valence-electron chi connectivity index (χ2n) is 1.03. The van der Waals surface area contributed by atoms with Gasteiger partial charge in [0.1, 0.15) is 12.5 Å². The van der Waals surface area contributed by atoms with Crippen LogP contribution in [0.3, 0.4) is 0 Å². The zero-order valence-corrected chi connectivity index (χ0v) is 4.96. The Morgan fingerprint density at radius 2 is 2.25 bits per heavy atom. The summed E-state index contributed by atoms with van der Waals surface area (Å²) < 4.78 is 9.38. The summed E-state index contributed by atoms with van der Waals surface area (Å²) >= 11 is 0. The Morgan fingerprint density at radius 1 is 1.50 bits per heavy atom. The summed E-state index contributed by atoms with van der Waals surface area (Å²) in [6.45, 7) is 5.89. The standard InChI is InChI=1S/C6H10O2/c1-3-7-5-6-8-4-2/h3,5-6H,1,4H2,2H3/b6-5+. The molecule has 0 aliphatic rings. The van der Waals surface area contributed by atoms with Gasteiger partial charge in [0.05, 0.1) is 12.9 Å². The lowest BCUT2D eigenvalue weighted by atomic mass is 10.9. The predicted octanol–water partition coefficient (Wildman–Crippen LogP) is 1.65. The highest BCUT2D eigenvalue weighted by molar-refractivity contribution is 4.64. The fourth-order valence-electron chi connectivity index (χ4n) is 0.223. The van der Waals surface area contributed by atoms with Gasteiger partial charge in [-0.2, -0.15) is 0 Å². The first-order valence-corrected chi connectivity index (χ1v) is 2.44. The summed E-state index contributed by atoms with van der Waals surface area (Å²) in [7, 11) is 0. The lowest BCUT2D eigenvalue weighted by molar-refractivity contribution is 0.252. The topological polar surface area (TPSA) is 18.5 Å². The van der Waals surface area contributed by atoms with Crippen LogP contribution in [-0.2, 0) is 9.47 Å². The van der Waals surface area contributed by atoms with Crippen LogP contribution in [0.4, 0.5) is 0 Å². The van der Waals surface area contributed by atoms with E-state index in [4.69, 9.17) is 4.74 Å². The van der Waals surface area contributed by atoms with Gasteiger partial charge < -0.3 is 9.47 Å². The number of ether oxygens (including phenoxy) is 2. The molecule has 0 aromatic heterocycles.